The van der Waals surface area contributed by atoms with Gasteiger partial charge in [-0.3, -0.25) is 9.78 Å². The highest BCUT2D eigenvalue weighted by Gasteiger charge is 2.38. The highest BCUT2D eigenvalue weighted by Crippen LogP contribution is 2.44. The van der Waals surface area contributed by atoms with Gasteiger partial charge in [0.2, 0.25) is 5.91 Å². The first-order chi connectivity index (χ1) is 15.2. The van der Waals surface area contributed by atoms with Crippen LogP contribution >= 0.6 is 0 Å². The van der Waals surface area contributed by atoms with Gasteiger partial charge in [0.25, 0.3) is 0 Å². The zero-order valence-electron chi connectivity index (χ0n) is 20.3. The molecule has 2 aromatic rings. The third-order valence-electron chi connectivity index (χ3n) is 6.76. The molecule has 1 heterocycles. The van der Waals surface area contributed by atoms with Crippen LogP contribution in [0.1, 0.15) is 47.3 Å². The Balaban J connectivity index is 1.79. The Morgan fingerprint density at radius 3 is 2.69 bits per heavy atom. The smallest absolute Gasteiger partial charge is 0.225 e. The highest BCUT2D eigenvalue weighted by molar-refractivity contribution is 5.78. The van der Waals surface area contributed by atoms with Crippen molar-refractivity contribution in [1.29, 1.82) is 0 Å². The van der Waals surface area contributed by atoms with Gasteiger partial charge in [-0.05, 0) is 75.2 Å². The van der Waals surface area contributed by atoms with E-state index in [1.807, 2.05) is 47.1 Å². The Bertz CT molecular complexity index is 930. The van der Waals surface area contributed by atoms with E-state index < -0.39 is 6.10 Å². The molecule has 0 radical (unpaired) electrons. The number of ether oxygens (including phenoxy) is 1. The van der Waals surface area contributed by atoms with Crippen LogP contribution in [0.15, 0.2) is 30.6 Å². The summed E-state index contributed by atoms with van der Waals surface area (Å²) < 4.78 is 6.12. The summed E-state index contributed by atoms with van der Waals surface area (Å²) in [4.78, 5) is 21.1. The molecule has 1 amide bonds. The van der Waals surface area contributed by atoms with Crippen LogP contribution in [0.2, 0.25) is 0 Å². The first kappa shape index (κ1) is 24.2. The largest absolute Gasteiger partial charge is 0.489 e. The molecular formula is C26H37N3O3. The lowest BCUT2D eigenvalue weighted by molar-refractivity contribution is -0.137. The standard InChI is InChI=1S/C26H37N3O3/c1-17-14-23(32-16-20-8-7-11-27-15-20)19(3)24-21(17)9-10-22(25(24)30)18(2)26(31)29(6)13-12-28(4)5/h7-8,11,14-15,18,22,25,30H,9-10,12-13,16H2,1-6H3. The molecule has 0 fully saturated rings. The number of nitrogens with zero attached hydrogens (tertiary/aromatic N) is 3. The summed E-state index contributed by atoms with van der Waals surface area (Å²) in [5, 5.41) is 11.4. The molecule has 1 aliphatic rings. The lowest BCUT2D eigenvalue weighted by Gasteiger charge is -2.37. The maximum absolute atomic E-state index is 13.1. The molecule has 3 rings (SSSR count). The summed E-state index contributed by atoms with van der Waals surface area (Å²) in [5.74, 6) is 0.526. The van der Waals surface area contributed by atoms with Crippen molar-refractivity contribution in [3.8, 4) is 5.75 Å². The van der Waals surface area contributed by atoms with Gasteiger partial charge in [0.05, 0.1) is 6.10 Å². The second kappa shape index (κ2) is 10.5. The van der Waals surface area contributed by atoms with Crippen molar-refractivity contribution in [3.63, 3.8) is 0 Å². The van der Waals surface area contributed by atoms with Crippen LogP contribution in [0, 0.1) is 25.7 Å². The monoisotopic (exact) mass is 439 g/mol. The molecule has 3 atom stereocenters. The van der Waals surface area contributed by atoms with Gasteiger partial charge in [-0.25, -0.2) is 0 Å². The van der Waals surface area contributed by atoms with Crippen molar-refractivity contribution in [2.75, 3.05) is 34.2 Å². The molecule has 0 bridgehead atoms. The molecule has 174 valence electrons. The third kappa shape index (κ3) is 5.30. The summed E-state index contributed by atoms with van der Waals surface area (Å²) in [6.45, 7) is 7.97. The second-order valence-corrected chi connectivity index (χ2v) is 9.36. The molecule has 6 nitrogen and oxygen atoms in total. The van der Waals surface area contributed by atoms with E-state index in [9.17, 15) is 9.90 Å². The van der Waals surface area contributed by atoms with E-state index in [2.05, 4.69) is 22.9 Å². The van der Waals surface area contributed by atoms with Gasteiger partial charge in [0.15, 0.2) is 0 Å². The fourth-order valence-electron chi connectivity index (χ4n) is 4.69. The maximum Gasteiger partial charge on any atom is 0.225 e. The normalized spacial score (nSPS) is 18.9. The highest BCUT2D eigenvalue weighted by atomic mass is 16.5. The van der Waals surface area contributed by atoms with Crippen molar-refractivity contribution in [1.82, 2.24) is 14.8 Å². The topological polar surface area (TPSA) is 65.9 Å². The number of aliphatic hydroxyl groups is 1. The molecular weight excluding hydrogens is 402 g/mol. The number of pyridine rings is 1. The van der Waals surface area contributed by atoms with Crippen molar-refractivity contribution in [2.45, 2.75) is 46.3 Å². The number of likely N-dealkylation sites (N-methyl/N-ethyl adjacent to an activating group) is 2. The Morgan fingerprint density at radius 1 is 1.28 bits per heavy atom. The molecule has 1 N–H and O–H groups in total. The predicted octanol–water partition coefficient (Wildman–Crippen LogP) is 3.53. The molecule has 0 saturated carbocycles. The minimum absolute atomic E-state index is 0.0951. The number of hydrogen-bond donors (Lipinski definition) is 1. The van der Waals surface area contributed by atoms with Gasteiger partial charge in [-0.1, -0.05) is 13.0 Å². The Hall–Kier alpha value is -2.44. The fourth-order valence-corrected chi connectivity index (χ4v) is 4.69. The van der Waals surface area contributed by atoms with E-state index >= 15 is 0 Å². The van der Waals surface area contributed by atoms with Crippen LogP contribution in [0.3, 0.4) is 0 Å². The van der Waals surface area contributed by atoms with Crippen LogP contribution in [0.4, 0.5) is 0 Å². The molecule has 1 aliphatic carbocycles. The third-order valence-corrected chi connectivity index (χ3v) is 6.76. The molecule has 1 aromatic carbocycles. The van der Waals surface area contributed by atoms with E-state index in [-0.39, 0.29) is 17.7 Å². The average molecular weight is 440 g/mol. The lowest BCUT2D eigenvalue weighted by Crippen LogP contribution is -2.41. The number of hydrogen-bond acceptors (Lipinski definition) is 5. The van der Waals surface area contributed by atoms with Crippen molar-refractivity contribution < 1.29 is 14.6 Å². The number of carbonyl (C=O) groups excluding carboxylic acids is 1. The van der Waals surface area contributed by atoms with Gasteiger partial charge in [-0.15, -0.1) is 0 Å². The van der Waals surface area contributed by atoms with E-state index in [0.29, 0.717) is 13.2 Å². The Morgan fingerprint density at radius 2 is 2.03 bits per heavy atom. The van der Waals surface area contributed by atoms with Crippen LogP contribution in [-0.2, 0) is 17.8 Å². The van der Waals surface area contributed by atoms with Crippen molar-refractivity contribution in [2.24, 2.45) is 11.8 Å². The van der Waals surface area contributed by atoms with Gasteiger partial charge < -0.3 is 19.6 Å². The number of fused-ring (bicyclic) bond motifs is 1. The lowest BCUT2D eigenvalue weighted by atomic mass is 9.72. The summed E-state index contributed by atoms with van der Waals surface area (Å²) >= 11 is 0. The average Bonchev–Trinajstić information content (AvgIpc) is 2.78. The second-order valence-electron chi connectivity index (χ2n) is 9.36. The number of rotatable bonds is 8. The summed E-state index contributed by atoms with van der Waals surface area (Å²) in [6.07, 6.45) is 4.53. The number of aryl methyl sites for hydroxylation is 1. The van der Waals surface area contributed by atoms with Crippen LogP contribution in [0.5, 0.6) is 5.75 Å². The van der Waals surface area contributed by atoms with Crippen LogP contribution < -0.4 is 4.74 Å². The SMILES string of the molecule is Cc1cc(OCc2cccnc2)c(C)c2c1CCC(C(C)C(=O)N(C)CCN(C)C)C2O. The molecule has 0 spiro atoms. The molecule has 1 aromatic heterocycles. The van der Waals surface area contributed by atoms with E-state index in [1.54, 1.807) is 17.3 Å². The van der Waals surface area contributed by atoms with Gasteiger partial charge in [-0.2, -0.15) is 0 Å². The number of amides is 1. The zero-order valence-corrected chi connectivity index (χ0v) is 20.3. The predicted molar refractivity (Wildman–Crippen MR) is 127 cm³/mol. The van der Waals surface area contributed by atoms with E-state index in [1.165, 1.54) is 5.56 Å². The first-order valence-electron chi connectivity index (χ1n) is 11.4. The van der Waals surface area contributed by atoms with Gasteiger partial charge in [0, 0.05) is 49.9 Å². The zero-order chi connectivity index (χ0) is 23.4. The summed E-state index contributed by atoms with van der Waals surface area (Å²) in [5.41, 5.74) is 5.23. The minimum Gasteiger partial charge on any atom is -0.489 e. The molecule has 3 unspecified atom stereocenters. The number of aromatic nitrogens is 1. The van der Waals surface area contributed by atoms with E-state index in [4.69, 9.17) is 4.74 Å². The summed E-state index contributed by atoms with van der Waals surface area (Å²) in [7, 11) is 5.86. The molecule has 32 heavy (non-hydrogen) atoms. The molecule has 0 saturated heterocycles. The Labute approximate surface area is 192 Å². The van der Waals surface area contributed by atoms with Crippen molar-refractivity contribution >= 4 is 5.91 Å². The van der Waals surface area contributed by atoms with Crippen LogP contribution in [0.25, 0.3) is 0 Å². The molecule has 6 heteroatoms. The van der Waals surface area contributed by atoms with E-state index in [0.717, 1.165) is 47.4 Å². The van der Waals surface area contributed by atoms with Gasteiger partial charge >= 0.3 is 0 Å². The first-order valence-corrected chi connectivity index (χ1v) is 11.4. The molecule has 0 aliphatic heterocycles. The summed E-state index contributed by atoms with van der Waals surface area (Å²) in [6, 6.07) is 5.95. The van der Waals surface area contributed by atoms with Crippen molar-refractivity contribution in [3.05, 3.63) is 58.4 Å². The van der Waals surface area contributed by atoms with Gasteiger partial charge in [0.1, 0.15) is 12.4 Å². The number of carbonyl (C=O) groups is 1. The Kier molecular flexibility index (Phi) is 7.91. The number of benzene rings is 1. The maximum atomic E-state index is 13.1. The minimum atomic E-state index is -0.680. The fraction of sp³-hybridized carbons (Fsp3) is 0.538. The number of aliphatic hydroxyl groups excluding tert-OH is 1. The van der Waals surface area contributed by atoms with Crippen LogP contribution in [-0.4, -0.2) is 60.0 Å². The quantitative estimate of drug-likeness (QED) is 0.682.